The van der Waals surface area contributed by atoms with Crippen molar-refractivity contribution in [3.05, 3.63) is 30.3 Å². The SMILES string of the molecule is CC(C)NC(=O)CCSc1ccccc1. The number of carbonyl (C=O) groups is 1. The van der Waals surface area contributed by atoms with Crippen molar-refractivity contribution in [2.24, 2.45) is 0 Å². The molecule has 2 nitrogen and oxygen atoms in total. The monoisotopic (exact) mass is 223 g/mol. The van der Waals surface area contributed by atoms with Gasteiger partial charge in [-0.3, -0.25) is 4.79 Å². The maximum Gasteiger partial charge on any atom is 0.221 e. The third-order valence-corrected chi connectivity index (χ3v) is 2.80. The first kappa shape index (κ1) is 12.1. The molecule has 0 aliphatic carbocycles. The van der Waals surface area contributed by atoms with Crippen LogP contribution in [0.3, 0.4) is 0 Å². The second kappa shape index (κ2) is 6.51. The average molecular weight is 223 g/mol. The van der Waals surface area contributed by atoms with Crippen molar-refractivity contribution in [1.29, 1.82) is 0 Å². The van der Waals surface area contributed by atoms with Crippen molar-refractivity contribution >= 4 is 17.7 Å². The van der Waals surface area contributed by atoms with Gasteiger partial charge in [0.2, 0.25) is 5.91 Å². The number of amides is 1. The summed E-state index contributed by atoms with van der Waals surface area (Å²) in [4.78, 5) is 12.5. The van der Waals surface area contributed by atoms with Crippen LogP contribution in [-0.4, -0.2) is 17.7 Å². The summed E-state index contributed by atoms with van der Waals surface area (Å²) in [6, 6.07) is 10.4. The van der Waals surface area contributed by atoms with Crippen molar-refractivity contribution < 1.29 is 4.79 Å². The molecule has 1 aromatic carbocycles. The number of thioether (sulfide) groups is 1. The molecule has 0 heterocycles. The molecule has 1 aromatic rings. The van der Waals surface area contributed by atoms with Gasteiger partial charge in [0.1, 0.15) is 0 Å². The van der Waals surface area contributed by atoms with E-state index in [-0.39, 0.29) is 11.9 Å². The van der Waals surface area contributed by atoms with Gasteiger partial charge in [-0.2, -0.15) is 0 Å². The molecule has 0 unspecified atom stereocenters. The third kappa shape index (κ3) is 5.47. The number of nitrogens with one attached hydrogen (secondary N) is 1. The van der Waals surface area contributed by atoms with E-state index in [0.717, 1.165) is 5.75 Å². The van der Waals surface area contributed by atoms with Gasteiger partial charge in [0.25, 0.3) is 0 Å². The summed E-state index contributed by atoms with van der Waals surface area (Å²) >= 11 is 1.72. The zero-order chi connectivity index (χ0) is 11.1. The molecule has 0 atom stereocenters. The first-order valence-electron chi connectivity index (χ1n) is 5.15. The van der Waals surface area contributed by atoms with E-state index in [0.29, 0.717) is 6.42 Å². The molecular formula is C12H17NOS. The van der Waals surface area contributed by atoms with Gasteiger partial charge >= 0.3 is 0 Å². The smallest absolute Gasteiger partial charge is 0.221 e. The standard InChI is InChI=1S/C12H17NOS/c1-10(2)13-12(14)8-9-15-11-6-4-3-5-7-11/h3-7,10H,8-9H2,1-2H3,(H,13,14). The van der Waals surface area contributed by atoms with Gasteiger partial charge in [0.05, 0.1) is 0 Å². The van der Waals surface area contributed by atoms with Crippen LogP contribution < -0.4 is 5.32 Å². The molecule has 3 heteroatoms. The predicted molar refractivity (Wildman–Crippen MR) is 65.1 cm³/mol. The lowest BCUT2D eigenvalue weighted by molar-refractivity contribution is -0.121. The van der Waals surface area contributed by atoms with Crippen LogP contribution >= 0.6 is 11.8 Å². The zero-order valence-electron chi connectivity index (χ0n) is 9.19. The fourth-order valence-electron chi connectivity index (χ4n) is 1.17. The third-order valence-electron chi connectivity index (χ3n) is 1.79. The highest BCUT2D eigenvalue weighted by atomic mass is 32.2. The molecule has 15 heavy (non-hydrogen) atoms. The second-order valence-electron chi connectivity index (χ2n) is 3.63. The first-order valence-corrected chi connectivity index (χ1v) is 6.14. The van der Waals surface area contributed by atoms with E-state index in [9.17, 15) is 4.79 Å². The first-order chi connectivity index (χ1) is 7.18. The Kier molecular flexibility index (Phi) is 5.26. The highest BCUT2D eigenvalue weighted by Crippen LogP contribution is 2.17. The Bertz CT molecular complexity index is 298. The minimum absolute atomic E-state index is 0.133. The highest BCUT2D eigenvalue weighted by molar-refractivity contribution is 7.99. The lowest BCUT2D eigenvalue weighted by Crippen LogP contribution is -2.30. The Labute approximate surface area is 95.5 Å². The molecule has 1 rings (SSSR count). The van der Waals surface area contributed by atoms with E-state index >= 15 is 0 Å². The quantitative estimate of drug-likeness (QED) is 0.778. The van der Waals surface area contributed by atoms with Gasteiger partial charge < -0.3 is 5.32 Å². The Hall–Kier alpha value is -0.960. The van der Waals surface area contributed by atoms with E-state index in [1.807, 2.05) is 32.0 Å². The van der Waals surface area contributed by atoms with Crippen molar-refractivity contribution in [3.8, 4) is 0 Å². The highest BCUT2D eigenvalue weighted by Gasteiger charge is 2.02. The maximum absolute atomic E-state index is 11.3. The van der Waals surface area contributed by atoms with Crippen LogP contribution in [0.25, 0.3) is 0 Å². The molecule has 1 N–H and O–H groups in total. The summed E-state index contributed by atoms with van der Waals surface area (Å²) in [7, 11) is 0. The maximum atomic E-state index is 11.3. The van der Waals surface area contributed by atoms with Crippen LogP contribution in [-0.2, 0) is 4.79 Å². The number of hydrogen-bond donors (Lipinski definition) is 1. The summed E-state index contributed by atoms with van der Waals surface area (Å²) in [5.74, 6) is 0.969. The number of benzene rings is 1. The van der Waals surface area contributed by atoms with Gasteiger partial charge in [-0.05, 0) is 26.0 Å². The van der Waals surface area contributed by atoms with E-state index < -0.39 is 0 Å². The Morgan fingerprint density at radius 1 is 1.33 bits per heavy atom. The summed E-state index contributed by atoms with van der Waals surface area (Å²) in [5.41, 5.74) is 0. The van der Waals surface area contributed by atoms with Crippen molar-refractivity contribution in [3.63, 3.8) is 0 Å². The van der Waals surface area contributed by atoms with Crippen LogP contribution in [0.5, 0.6) is 0 Å². The van der Waals surface area contributed by atoms with Crippen molar-refractivity contribution in [1.82, 2.24) is 5.32 Å². The van der Waals surface area contributed by atoms with Gasteiger partial charge in [-0.15, -0.1) is 11.8 Å². The largest absolute Gasteiger partial charge is 0.354 e. The molecule has 0 saturated heterocycles. The molecule has 0 aliphatic heterocycles. The molecule has 0 spiro atoms. The van der Waals surface area contributed by atoms with Crippen LogP contribution in [0, 0.1) is 0 Å². The number of carbonyl (C=O) groups excluding carboxylic acids is 1. The molecule has 0 aliphatic rings. The van der Waals surface area contributed by atoms with E-state index in [4.69, 9.17) is 0 Å². The minimum Gasteiger partial charge on any atom is -0.354 e. The van der Waals surface area contributed by atoms with Crippen molar-refractivity contribution in [2.75, 3.05) is 5.75 Å². The predicted octanol–water partition coefficient (Wildman–Crippen LogP) is 2.69. The van der Waals surface area contributed by atoms with E-state index in [2.05, 4.69) is 17.4 Å². The fraction of sp³-hybridized carbons (Fsp3) is 0.417. The minimum atomic E-state index is 0.133. The molecule has 0 fully saturated rings. The molecule has 1 amide bonds. The fourth-order valence-corrected chi connectivity index (χ4v) is 2.05. The lowest BCUT2D eigenvalue weighted by atomic mass is 10.3. The summed E-state index contributed by atoms with van der Waals surface area (Å²) < 4.78 is 0. The Balaban J connectivity index is 2.19. The molecule has 0 bridgehead atoms. The zero-order valence-corrected chi connectivity index (χ0v) is 10.0. The summed E-state index contributed by atoms with van der Waals surface area (Å²) in [5, 5.41) is 2.88. The molecule has 0 saturated carbocycles. The Morgan fingerprint density at radius 3 is 2.60 bits per heavy atom. The summed E-state index contributed by atoms with van der Waals surface area (Å²) in [6.07, 6.45) is 0.581. The van der Waals surface area contributed by atoms with Crippen LogP contribution in [0.2, 0.25) is 0 Å². The number of rotatable bonds is 5. The molecule has 82 valence electrons. The second-order valence-corrected chi connectivity index (χ2v) is 4.80. The van der Waals surface area contributed by atoms with Crippen LogP contribution in [0.4, 0.5) is 0 Å². The van der Waals surface area contributed by atoms with Crippen LogP contribution in [0.15, 0.2) is 35.2 Å². The van der Waals surface area contributed by atoms with Crippen LogP contribution in [0.1, 0.15) is 20.3 Å². The molecule has 0 radical (unpaired) electrons. The molecular weight excluding hydrogens is 206 g/mol. The van der Waals surface area contributed by atoms with Gasteiger partial charge in [0, 0.05) is 23.1 Å². The average Bonchev–Trinajstić information content (AvgIpc) is 2.18. The number of hydrogen-bond acceptors (Lipinski definition) is 2. The molecule has 0 aromatic heterocycles. The van der Waals surface area contributed by atoms with Gasteiger partial charge in [0.15, 0.2) is 0 Å². The topological polar surface area (TPSA) is 29.1 Å². The summed E-state index contributed by atoms with van der Waals surface area (Å²) in [6.45, 7) is 3.95. The lowest BCUT2D eigenvalue weighted by Gasteiger charge is -2.07. The van der Waals surface area contributed by atoms with Gasteiger partial charge in [-0.25, -0.2) is 0 Å². The van der Waals surface area contributed by atoms with E-state index in [1.54, 1.807) is 11.8 Å². The Morgan fingerprint density at radius 2 is 2.00 bits per heavy atom. The van der Waals surface area contributed by atoms with Crippen molar-refractivity contribution in [2.45, 2.75) is 31.2 Å². The van der Waals surface area contributed by atoms with Gasteiger partial charge in [-0.1, -0.05) is 18.2 Å². The normalized spacial score (nSPS) is 10.3. The van der Waals surface area contributed by atoms with E-state index in [1.165, 1.54) is 4.90 Å².